The van der Waals surface area contributed by atoms with Crippen molar-refractivity contribution < 1.29 is 9.21 Å². The molecule has 0 aliphatic carbocycles. The van der Waals surface area contributed by atoms with Crippen molar-refractivity contribution in [1.29, 1.82) is 0 Å². The van der Waals surface area contributed by atoms with E-state index in [1.54, 1.807) is 12.1 Å². The summed E-state index contributed by atoms with van der Waals surface area (Å²) in [5, 5.41) is 3.30. The van der Waals surface area contributed by atoms with Crippen molar-refractivity contribution in [3.05, 3.63) is 70.1 Å². The van der Waals surface area contributed by atoms with Crippen LogP contribution >= 0.6 is 0 Å². The van der Waals surface area contributed by atoms with Crippen LogP contribution in [0.5, 0.6) is 0 Å². The smallest absolute Gasteiger partial charge is 0.291 e. The van der Waals surface area contributed by atoms with Gasteiger partial charge in [0.1, 0.15) is 5.58 Å². The van der Waals surface area contributed by atoms with Gasteiger partial charge < -0.3 is 14.6 Å². The highest BCUT2D eigenvalue weighted by atomic mass is 16.3. The number of hydrogen-bond donors (Lipinski definition) is 1. The number of carbonyl (C=O) groups is 1. The number of hydrogen-bond acceptors (Lipinski definition) is 4. The van der Waals surface area contributed by atoms with Crippen LogP contribution in [0.15, 0.2) is 57.7 Å². The Hall–Kier alpha value is -3.08. The van der Waals surface area contributed by atoms with Crippen LogP contribution in [0.25, 0.3) is 11.0 Å². The highest BCUT2D eigenvalue weighted by Crippen LogP contribution is 2.22. The maximum Gasteiger partial charge on any atom is 0.291 e. The van der Waals surface area contributed by atoms with Crippen molar-refractivity contribution in [2.24, 2.45) is 0 Å². The highest BCUT2D eigenvalue weighted by molar-refractivity contribution is 6.03. The summed E-state index contributed by atoms with van der Waals surface area (Å²) in [6.45, 7) is 4.07. The predicted molar refractivity (Wildman–Crippen MR) is 112 cm³/mol. The summed E-state index contributed by atoms with van der Waals surface area (Å²) in [6, 6.07) is 14.4. The SMILES string of the molecule is Cc1ccc2oc(C(=O)Nc3ccc(N4CCCCCC4)cc3)cc(=O)c2c1. The first-order chi connectivity index (χ1) is 13.6. The predicted octanol–water partition coefficient (Wildman–Crippen LogP) is 4.73. The fourth-order valence-electron chi connectivity index (χ4n) is 3.66. The van der Waals surface area contributed by atoms with Crippen LogP contribution in [0.2, 0.25) is 0 Å². The van der Waals surface area contributed by atoms with Crippen molar-refractivity contribution in [1.82, 2.24) is 0 Å². The highest BCUT2D eigenvalue weighted by Gasteiger charge is 2.14. The molecule has 1 aliphatic heterocycles. The van der Waals surface area contributed by atoms with E-state index in [9.17, 15) is 9.59 Å². The summed E-state index contributed by atoms with van der Waals surface area (Å²) in [6.07, 6.45) is 5.03. The molecule has 1 fully saturated rings. The van der Waals surface area contributed by atoms with Crippen LogP contribution in [0, 0.1) is 6.92 Å². The van der Waals surface area contributed by atoms with Gasteiger partial charge in [-0.2, -0.15) is 0 Å². The molecule has 1 N–H and O–H groups in total. The Balaban J connectivity index is 1.51. The number of benzene rings is 2. The molecule has 1 saturated heterocycles. The topological polar surface area (TPSA) is 62.6 Å². The van der Waals surface area contributed by atoms with Crippen LogP contribution in [0.1, 0.15) is 41.8 Å². The molecular formula is C23H24N2O3. The third-order valence-corrected chi connectivity index (χ3v) is 5.20. The van der Waals surface area contributed by atoms with E-state index in [-0.39, 0.29) is 11.2 Å². The zero-order valence-electron chi connectivity index (χ0n) is 16.0. The van der Waals surface area contributed by atoms with Crippen molar-refractivity contribution in [2.45, 2.75) is 32.6 Å². The van der Waals surface area contributed by atoms with Crippen molar-refractivity contribution >= 4 is 28.3 Å². The third kappa shape index (κ3) is 3.93. The van der Waals surface area contributed by atoms with Gasteiger partial charge in [0.15, 0.2) is 11.2 Å². The van der Waals surface area contributed by atoms with Crippen LogP contribution < -0.4 is 15.6 Å². The quantitative estimate of drug-likeness (QED) is 0.717. The molecular weight excluding hydrogens is 352 g/mol. The Morgan fingerprint density at radius 3 is 2.39 bits per heavy atom. The van der Waals surface area contributed by atoms with Crippen molar-refractivity contribution in [3.8, 4) is 0 Å². The fourth-order valence-corrected chi connectivity index (χ4v) is 3.66. The lowest BCUT2D eigenvalue weighted by atomic mass is 10.1. The second-order valence-electron chi connectivity index (χ2n) is 7.38. The number of carbonyl (C=O) groups excluding carboxylic acids is 1. The molecule has 0 spiro atoms. The molecule has 0 saturated carbocycles. The number of rotatable bonds is 3. The Kier molecular flexibility index (Phi) is 5.15. The number of fused-ring (bicyclic) bond motifs is 1. The minimum Gasteiger partial charge on any atom is -0.451 e. The molecule has 0 unspecified atom stereocenters. The Morgan fingerprint density at radius 1 is 0.964 bits per heavy atom. The number of nitrogens with zero attached hydrogens (tertiary/aromatic N) is 1. The lowest BCUT2D eigenvalue weighted by molar-refractivity contribution is 0.0997. The van der Waals surface area contributed by atoms with Gasteiger partial charge in [-0.25, -0.2) is 0 Å². The van der Waals surface area contributed by atoms with Crippen molar-refractivity contribution in [3.63, 3.8) is 0 Å². The van der Waals surface area contributed by atoms with Gasteiger partial charge in [-0.05, 0) is 56.2 Å². The summed E-state index contributed by atoms with van der Waals surface area (Å²) in [4.78, 5) is 27.3. The molecule has 0 atom stereocenters. The molecule has 1 aromatic heterocycles. The lowest BCUT2D eigenvalue weighted by Crippen LogP contribution is -2.23. The molecule has 28 heavy (non-hydrogen) atoms. The third-order valence-electron chi connectivity index (χ3n) is 5.20. The first kappa shape index (κ1) is 18.3. The summed E-state index contributed by atoms with van der Waals surface area (Å²) in [5.41, 5.74) is 3.02. The van der Waals surface area contributed by atoms with Gasteiger partial charge in [0.25, 0.3) is 5.91 Å². The maximum absolute atomic E-state index is 12.6. The molecule has 4 rings (SSSR count). The van der Waals surface area contributed by atoms with E-state index in [1.807, 2.05) is 37.3 Å². The second kappa shape index (κ2) is 7.89. The molecule has 0 bridgehead atoms. The molecule has 0 radical (unpaired) electrons. The van der Waals surface area contributed by atoms with E-state index in [1.165, 1.54) is 37.4 Å². The molecule has 1 amide bonds. The first-order valence-corrected chi connectivity index (χ1v) is 9.81. The average molecular weight is 376 g/mol. The summed E-state index contributed by atoms with van der Waals surface area (Å²) < 4.78 is 5.64. The van der Waals surface area contributed by atoms with E-state index in [2.05, 4.69) is 10.2 Å². The molecule has 5 nitrogen and oxygen atoms in total. The normalized spacial score (nSPS) is 14.7. The van der Waals surface area contributed by atoms with E-state index in [4.69, 9.17) is 4.42 Å². The first-order valence-electron chi connectivity index (χ1n) is 9.81. The summed E-state index contributed by atoms with van der Waals surface area (Å²) in [5.74, 6) is -0.417. The molecule has 2 heterocycles. The van der Waals surface area contributed by atoms with Crippen LogP contribution in [0.3, 0.4) is 0 Å². The van der Waals surface area contributed by atoms with Gasteiger partial charge in [0.05, 0.1) is 5.39 Å². The Morgan fingerprint density at radius 2 is 1.68 bits per heavy atom. The molecule has 2 aromatic carbocycles. The molecule has 5 heteroatoms. The largest absolute Gasteiger partial charge is 0.451 e. The second-order valence-corrected chi connectivity index (χ2v) is 7.38. The number of amides is 1. The zero-order valence-corrected chi connectivity index (χ0v) is 16.0. The molecule has 144 valence electrons. The number of anilines is 2. The summed E-state index contributed by atoms with van der Waals surface area (Å²) in [7, 11) is 0. The van der Waals surface area contributed by atoms with Gasteiger partial charge >= 0.3 is 0 Å². The van der Waals surface area contributed by atoms with Crippen LogP contribution in [-0.2, 0) is 0 Å². The van der Waals surface area contributed by atoms with Gasteiger partial charge in [0.2, 0.25) is 0 Å². The van der Waals surface area contributed by atoms with E-state index < -0.39 is 5.91 Å². The van der Waals surface area contributed by atoms with Gasteiger partial charge in [-0.1, -0.05) is 24.5 Å². The van der Waals surface area contributed by atoms with Crippen molar-refractivity contribution in [2.75, 3.05) is 23.3 Å². The number of aryl methyl sites for hydroxylation is 1. The van der Waals surface area contributed by atoms with Gasteiger partial charge in [-0.3, -0.25) is 9.59 Å². The van der Waals surface area contributed by atoms with Crippen LogP contribution in [0.4, 0.5) is 11.4 Å². The van der Waals surface area contributed by atoms with E-state index >= 15 is 0 Å². The van der Waals surface area contributed by atoms with Gasteiger partial charge in [-0.15, -0.1) is 0 Å². The minimum absolute atomic E-state index is 0.0120. The average Bonchev–Trinajstić information content (AvgIpc) is 2.98. The van der Waals surface area contributed by atoms with Crippen LogP contribution in [-0.4, -0.2) is 19.0 Å². The lowest BCUT2D eigenvalue weighted by Gasteiger charge is -2.22. The van der Waals surface area contributed by atoms with Gasteiger partial charge in [0, 0.05) is 30.5 Å². The molecule has 3 aromatic rings. The van der Waals surface area contributed by atoms with E-state index in [0.717, 1.165) is 18.7 Å². The Bertz CT molecular complexity index is 1050. The Labute approximate surface area is 164 Å². The maximum atomic E-state index is 12.6. The van der Waals surface area contributed by atoms with E-state index in [0.29, 0.717) is 16.7 Å². The zero-order chi connectivity index (χ0) is 19.5. The summed E-state index contributed by atoms with van der Waals surface area (Å²) >= 11 is 0. The monoisotopic (exact) mass is 376 g/mol. The molecule has 1 aliphatic rings. The minimum atomic E-state index is -0.429. The number of nitrogens with one attached hydrogen (secondary N) is 1. The fraction of sp³-hybridized carbons (Fsp3) is 0.304. The standard InChI is InChI=1S/C23H24N2O3/c1-16-6-11-21-19(14-16)20(26)15-22(28-21)23(27)24-17-7-9-18(10-8-17)25-12-4-2-3-5-13-25/h6-11,14-15H,2-5,12-13H2,1H3,(H,24,27).